The largest absolute Gasteiger partial charge is 0.490 e. The van der Waals surface area contributed by atoms with Gasteiger partial charge in [0.05, 0.1) is 24.6 Å². The van der Waals surface area contributed by atoms with Gasteiger partial charge in [-0.05, 0) is 48.7 Å². The molecule has 1 aliphatic heterocycles. The Hall–Kier alpha value is -3.64. The molecule has 0 radical (unpaired) electrons. The molecule has 0 aromatic heterocycles. The van der Waals surface area contributed by atoms with E-state index in [0.717, 1.165) is 29.0 Å². The fraction of sp³-hybridized carbons (Fsp3) is 0.310. The Labute approximate surface area is 207 Å². The van der Waals surface area contributed by atoms with Gasteiger partial charge >= 0.3 is 0 Å². The van der Waals surface area contributed by atoms with E-state index in [2.05, 4.69) is 36.6 Å². The topological polar surface area (TPSA) is 72.0 Å². The first-order chi connectivity index (χ1) is 17.0. The first-order valence-corrected chi connectivity index (χ1v) is 12.2. The summed E-state index contributed by atoms with van der Waals surface area (Å²) in [6.07, 6.45) is 0. The van der Waals surface area contributed by atoms with Crippen LogP contribution >= 0.6 is 0 Å². The normalized spacial score (nSPS) is 15.2. The SMILES string of the molecule is CCOc1cc2c(cc1OCC)C(C(=Nc1ccc(CNC(C)C)cc1)c1ccccc1)C(=O)N2. The fourth-order valence-electron chi connectivity index (χ4n) is 4.13. The van der Waals surface area contributed by atoms with Gasteiger partial charge in [-0.3, -0.25) is 9.79 Å². The van der Waals surface area contributed by atoms with Gasteiger partial charge < -0.3 is 20.1 Å². The van der Waals surface area contributed by atoms with E-state index < -0.39 is 5.92 Å². The Morgan fingerprint density at radius 2 is 1.63 bits per heavy atom. The number of carbonyl (C=O) groups is 1. The van der Waals surface area contributed by atoms with E-state index in [1.807, 2.05) is 68.4 Å². The van der Waals surface area contributed by atoms with E-state index in [1.54, 1.807) is 0 Å². The summed E-state index contributed by atoms with van der Waals surface area (Å²) in [5.74, 6) is 0.572. The highest BCUT2D eigenvalue weighted by atomic mass is 16.5. The van der Waals surface area contributed by atoms with Crippen molar-refractivity contribution < 1.29 is 14.3 Å². The average Bonchev–Trinajstić information content (AvgIpc) is 3.17. The molecule has 1 amide bonds. The number of fused-ring (bicyclic) bond motifs is 1. The highest BCUT2D eigenvalue weighted by molar-refractivity contribution is 6.24. The first-order valence-electron chi connectivity index (χ1n) is 12.2. The van der Waals surface area contributed by atoms with Crippen LogP contribution in [0.3, 0.4) is 0 Å². The molecule has 1 aliphatic rings. The molecule has 0 bridgehead atoms. The van der Waals surface area contributed by atoms with E-state index in [4.69, 9.17) is 14.5 Å². The van der Waals surface area contributed by atoms with E-state index in [1.165, 1.54) is 5.56 Å². The molecule has 6 heteroatoms. The highest BCUT2D eigenvalue weighted by Gasteiger charge is 2.36. The second-order valence-electron chi connectivity index (χ2n) is 8.74. The maximum atomic E-state index is 13.3. The Kier molecular flexibility index (Phi) is 7.83. The maximum absolute atomic E-state index is 13.3. The number of anilines is 1. The standard InChI is InChI=1S/C29H33N3O3/c1-5-34-25-16-23-24(17-26(25)35-6-2)32-29(33)27(23)28(21-10-8-7-9-11-21)31-22-14-12-20(13-15-22)18-30-19(3)4/h7-17,19,27,30H,5-6,18H2,1-4H3,(H,32,33). The van der Waals surface area contributed by atoms with Crippen LogP contribution in [0.1, 0.15) is 50.3 Å². The van der Waals surface area contributed by atoms with Crippen molar-refractivity contribution in [2.75, 3.05) is 18.5 Å². The lowest BCUT2D eigenvalue weighted by Gasteiger charge is -2.16. The van der Waals surface area contributed by atoms with Crippen LogP contribution in [0.5, 0.6) is 11.5 Å². The zero-order valence-electron chi connectivity index (χ0n) is 20.8. The zero-order chi connectivity index (χ0) is 24.8. The lowest BCUT2D eigenvalue weighted by atomic mass is 9.90. The second kappa shape index (κ2) is 11.2. The molecule has 0 spiro atoms. The van der Waals surface area contributed by atoms with E-state index in [9.17, 15) is 4.79 Å². The third-order valence-corrected chi connectivity index (χ3v) is 5.79. The van der Waals surface area contributed by atoms with Gasteiger partial charge in [0.25, 0.3) is 0 Å². The third-order valence-electron chi connectivity index (χ3n) is 5.79. The van der Waals surface area contributed by atoms with Crippen molar-refractivity contribution in [3.05, 3.63) is 83.4 Å². The number of nitrogens with zero attached hydrogens (tertiary/aromatic N) is 1. The molecule has 4 rings (SSSR count). The van der Waals surface area contributed by atoms with Gasteiger partial charge in [0.1, 0.15) is 5.92 Å². The van der Waals surface area contributed by atoms with Crippen LogP contribution in [-0.2, 0) is 11.3 Å². The fourth-order valence-corrected chi connectivity index (χ4v) is 4.13. The second-order valence-corrected chi connectivity index (χ2v) is 8.74. The van der Waals surface area contributed by atoms with Crippen LogP contribution in [0, 0.1) is 0 Å². The Morgan fingerprint density at radius 3 is 2.26 bits per heavy atom. The number of ether oxygens (including phenoxy) is 2. The molecule has 182 valence electrons. The minimum absolute atomic E-state index is 0.114. The minimum atomic E-state index is -0.565. The predicted octanol–water partition coefficient (Wildman–Crippen LogP) is 5.84. The third kappa shape index (κ3) is 5.72. The molecule has 0 saturated heterocycles. The van der Waals surface area contributed by atoms with Gasteiger partial charge in [0, 0.05) is 24.3 Å². The van der Waals surface area contributed by atoms with E-state index >= 15 is 0 Å². The molecule has 3 aromatic rings. The van der Waals surface area contributed by atoms with E-state index in [0.29, 0.717) is 36.5 Å². The Balaban J connectivity index is 1.76. The number of amides is 1. The molecule has 1 atom stereocenters. The van der Waals surface area contributed by atoms with Crippen LogP contribution in [0.25, 0.3) is 0 Å². The Morgan fingerprint density at radius 1 is 0.971 bits per heavy atom. The van der Waals surface area contributed by atoms with E-state index in [-0.39, 0.29) is 5.91 Å². The molecule has 2 N–H and O–H groups in total. The average molecular weight is 472 g/mol. The van der Waals surface area contributed by atoms with Gasteiger partial charge in [-0.2, -0.15) is 0 Å². The van der Waals surface area contributed by atoms with Crippen molar-refractivity contribution in [3.8, 4) is 11.5 Å². The van der Waals surface area contributed by atoms with Crippen molar-refractivity contribution in [2.24, 2.45) is 4.99 Å². The summed E-state index contributed by atoms with van der Waals surface area (Å²) in [6, 6.07) is 22.2. The van der Waals surface area contributed by atoms with Crippen molar-refractivity contribution in [2.45, 2.75) is 46.2 Å². The summed E-state index contributed by atoms with van der Waals surface area (Å²) < 4.78 is 11.6. The molecular weight excluding hydrogens is 438 g/mol. The smallest absolute Gasteiger partial charge is 0.238 e. The molecule has 1 heterocycles. The zero-order valence-corrected chi connectivity index (χ0v) is 20.8. The number of hydrogen-bond donors (Lipinski definition) is 2. The molecule has 0 fully saturated rings. The van der Waals surface area contributed by atoms with Gasteiger partial charge in [-0.1, -0.05) is 56.3 Å². The lowest BCUT2D eigenvalue weighted by molar-refractivity contribution is -0.115. The van der Waals surface area contributed by atoms with Crippen LogP contribution in [0.2, 0.25) is 0 Å². The van der Waals surface area contributed by atoms with Gasteiger partial charge in [-0.25, -0.2) is 0 Å². The van der Waals surface area contributed by atoms with Crippen molar-refractivity contribution in [1.29, 1.82) is 0 Å². The monoisotopic (exact) mass is 471 g/mol. The number of benzene rings is 3. The first kappa shape index (κ1) is 24.5. The van der Waals surface area contributed by atoms with Gasteiger partial charge in [0.15, 0.2) is 11.5 Å². The molecular formula is C29H33N3O3. The summed E-state index contributed by atoms with van der Waals surface area (Å²) in [6.45, 7) is 9.93. The molecule has 35 heavy (non-hydrogen) atoms. The van der Waals surface area contributed by atoms with Crippen LogP contribution in [-0.4, -0.2) is 30.9 Å². The molecule has 3 aromatic carbocycles. The number of carbonyl (C=O) groups excluding carboxylic acids is 1. The molecule has 6 nitrogen and oxygen atoms in total. The summed E-state index contributed by atoms with van der Waals surface area (Å²) in [7, 11) is 0. The maximum Gasteiger partial charge on any atom is 0.238 e. The summed E-state index contributed by atoms with van der Waals surface area (Å²) in [4.78, 5) is 18.3. The molecule has 0 aliphatic carbocycles. The Bertz CT molecular complexity index is 1190. The van der Waals surface area contributed by atoms with Gasteiger partial charge in [0.2, 0.25) is 5.91 Å². The number of hydrogen-bond acceptors (Lipinski definition) is 5. The number of aliphatic imine (C=N–C) groups is 1. The summed E-state index contributed by atoms with van der Waals surface area (Å²) in [5, 5.41) is 6.45. The molecule has 1 unspecified atom stereocenters. The van der Waals surface area contributed by atoms with Crippen LogP contribution in [0.4, 0.5) is 11.4 Å². The predicted molar refractivity (Wildman–Crippen MR) is 141 cm³/mol. The van der Waals surface area contributed by atoms with Crippen molar-refractivity contribution >= 4 is 23.0 Å². The van der Waals surface area contributed by atoms with Crippen LogP contribution in [0.15, 0.2) is 71.7 Å². The molecule has 0 saturated carbocycles. The highest BCUT2D eigenvalue weighted by Crippen LogP contribution is 2.43. The van der Waals surface area contributed by atoms with Gasteiger partial charge in [-0.15, -0.1) is 0 Å². The quantitative estimate of drug-likeness (QED) is 0.365. The summed E-state index contributed by atoms with van der Waals surface area (Å²) >= 11 is 0. The lowest BCUT2D eigenvalue weighted by Crippen LogP contribution is -2.22. The van der Waals surface area contributed by atoms with Crippen molar-refractivity contribution in [1.82, 2.24) is 5.32 Å². The number of rotatable bonds is 10. The summed E-state index contributed by atoms with van der Waals surface area (Å²) in [5.41, 5.74) is 5.15. The van der Waals surface area contributed by atoms with Crippen molar-refractivity contribution in [3.63, 3.8) is 0 Å². The number of nitrogens with one attached hydrogen (secondary N) is 2. The minimum Gasteiger partial charge on any atom is -0.490 e. The van der Waals surface area contributed by atoms with Crippen LogP contribution < -0.4 is 20.1 Å².